The first-order valence-electron chi connectivity index (χ1n) is 8.90. The van der Waals surface area contributed by atoms with Gasteiger partial charge in [-0.05, 0) is 66.3 Å². The van der Waals surface area contributed by atoms with Crippen molar-refractivity contribution in [1.29, 1.82) is 5.26 Å². The molecule has 0 atom stereocenters. The predicted molar refractivity (Wildman–Crippen MR) is 109 cm³/mol. The molecule has 0 radical (unpaired) electrons. The van der Waals surface area contributed by atoms with Gasteiger partial charge in [0.2, 0.25) is 11.1 Å². The number of fused-ring (bicyclic) bond motifs is 1. The second kappa shape index (κ2) is 7.73. The maximum atomic E-state index is 12.5. The normalized spacial score (nSPS) is 12.6. The minimum atomic E-state index is -0.170. The number of nitrogens with one attached hydrogen (secondary N) is 1. The fraction of sp³-hybridized carbons (Fsp3) is 0.316. The minimum Gasteiger partial charge on any atom is -0.316 e. The summed E-state index contributed by atoms with van der Waals surface area (Å²) in [5.74, 6) is -0.00415. The number of tetrazole rings is 1. The number of anilines is 1. The van der Waals surface area contributed by atoms with Crippen molar-refractivity contribution < 1.29 is 4.79 Å². The second-order valence-corrected chi connectivity index (χ2v) is 8.72. The van der Waals surface area contributed by atoms with E-state index in [2.05, 4.69) is 26.9 Å². The number of thioether (sulfide) groups is 1. The van der Waals surface area contributed by atoms with Crippen LogP contribution in [-0.4, -0.2) is 31.9 Å². The van der Waals surface area contributed by atoms with Gasteiger partial charge in [-0.25, -0.2) is 0 Å². The van der Waals surface area contributed by atoms with E-state index in [0.29, 0.717) is 15.7 Å². The molecule has 1 aliphatic carbocycles. The Morgan fingerprint density at radius 3 is 3.07 bits per heavy atom. The number of carbonyl (C=O) groups excluding carboxylic acids is 1. The van der Waals surface area contributed by atoms with Crippen LogP contribution in [0.15, 0.2) is 23.4 Å². The van der Waals surface area contributed by atoms with Crippen molar-refractivity contribution in [3.63, 3.8) is 0 Å². The molecule has 0 saturated heterocycles. The van der Waals surface area contributed by atoms with E-state index >= 15 is 0 Å². The number of nitrogens with zero attached hydrogens (tertiary/aromatic N) is 5. The molecule has 142 valence electrons. The molecule has 28 heavy (non-hydrogen) atoms. The highest BCUT2D eigenvalue weighted by atomic mass is 32.2. The number of thiophene rings is 1. The Hall–Kier alpha value is -2.70. The van der Waals surface area contributed by atoms with Crippen LogP contribution in [0.25, 0.3) is 5.69 Å². The van der Waals surface area contributed by atoms with Crippen molar-refractivity contribution in [1.82, 2.24) is 20.2 Å². The number of aryl methyl sites for hydroxylation is 3. The molecule has 1 aromatic carbocycles. The van der Waals surface area contributed by atoms with E-state index in [-0.39, 0.29) is 11.7 Å². The van der Waals surface area contributed by atoms with E-state index in [1.807, 2.05) is 32.0 Å². The zero-order valence-corrected chi connectivity index (χ0v) is 17.2. The minimum absolute atomic E-state index is 0.165. The number of hydrogen-bond acceptors (Lipinski definition) is 7. The lowest BCUT2D eigenvalue weighted by atomic mass is 10.1. The van der Waals surface area contributed by atoms with Gasteiger partial charge in [0.05, 0.1) is 17.0 Å². The molecular formula is C19H18N6OS2. The molecule has 0 saturated carbocycles. The molecule has 0 fully saturated rings. The van der Waals surface area contributed by atoms with E-state index in [4.69, 9.17) is 0 Å². The lowest BCUT2D eigenvalue weighted by molar-refractivity contribution is -0.113. The zero-order chi connectivity index (χ0) is 19.7. The van der Waals surface area contributed by atoms with Crippen LogP contribution in [0.5, 0.6) is 0 Å². The van der Waals surface area contributed by atoms with E-state index < -0.39 is 0 Å². The molecule has 0 spiro atoms. The first-order valence-corrected chi connectivity index (χ1v) is 10.7. The highest BCUT2D eigenvalue weighted by Gasteiger charge is 2.23. The first-order chi connectivity index (χ1) is 13.6. The maximum absolute atomic E-state index is 12.5. The van der Waals surface area contributed by atoms with E-state index in [9.17, 15) is 10.1 Å². The summed E-state index contributed by atoms with van der Waals surface area (Å²) in [6.07, 6.45) is 2.99. The van der Waals surface area contributed by atoms with Gasteiger partial charge >= 0.3 is 0 Å². The van der Waals surface area contributed by atoms with Gasteiger partial charge in [-0.2, -0.15) is 9.94 Å². The largest absolute Gasteiger partial charge is 0.316 e. The number of benzene rings is 1. The highest BCUT2D eigenvalue weighted by molar-refractivity contribution is 7.99. The zero-order valence-electron chi connectivity index (χ0n) is 15.5. The van der Waals surface area contributed by atoms with Crippen molar-refractivity contribution in [3.05, 3.63) is 45.3 Å². The molecule has 1 N–H and O–H groups in total. The molecule has 9 heteroatoms. The summed E-state index contributed by atoms with van der Waals surface area (Å²) in [7, 11) is 0. The average Bonchev–Trinajstić information content (AvgIpc) is 3.37. The maximum Gasteiger partial charge on any atom is 0.235 e. The summed E-state index contributed by atoms with van der Waals surface area (Å²) in [6.45, 7) is 4.01. The molecule has 0 aliphatic heterocycles. The summed E-state index contributed by atoms with van der Waals surface area (Å²) >= 11 is 2.79. The van der Waals surface area contributed by atoms with E-state index in [0.717, 1.165) is 41.6 Å². The van der Waals surface area contributed by atoms with Gasteiger partial charge in [0.1, 0.15) is 11.1 Å². The summed E-state index contributed by atoms with van der Waals surface area (Å²) < 4.78 is 1.65. The number of carbonyl (C=O) groups is 1. The molecule has 7 nitrogen and oxygen atoms in total. The SMILES string of the molecule is Cc1ccc(C)c(-n2nnnc2SCC(=O)Nc2sc3c(c2C#N)CCC3)c1. The fourth-order valence-corrected chi connectivity index (χ4v) is 5.21. The van der Waals surface area contributed by atoms with E-state index in [1.165, 1.54) is 28.0 Å². The lowest BCUT2D eigenvalue weighted by Gasteiger charge is -2.08. The first kappa shape index (κ1) is 18.7. The van der Waals surface area contributed by atoms with Crippen molar-refractivity contribution in [2.45, 2.75) is 38.3 Å². The Labute approximate surface area is 170 Å². The van der Waals surface area contributed by atoms with Crippen LogP contribution in [0.1, 0.15) is 33.6 Å². The van der Waals surface area contributed by atoms with Crippen molar-refractivity contribution in [3.8, 4) is 11.8 Å². The molecule has 2 aromatic heterocycles. The average molecular weight is 411 g/mol. The number of aromatic nitrogens is 4. The van der Waals surface area contributed by atoms with Crippen molar-refractivity contribution in [2.75, 3.05) is 11.1 Å². The molecule has 1 aliphatic rings. The van der Waals surface area contributed by atoms with Gasteiger partial charge in [0, 0.05) is 4.88 Å². The van der Waals surface area contributed by atoms with Crippen LogP contribution < -0.4 is 5.32 Å². The Morgan fingerprint density at radius 2 is 2.25 bits per heavy atom. The van der Waals surface area contributed by atoms with Crippen LogP contribution in [-0.2, 0) is 17.6 Å². The van der Waals surface area contributed by atoms with Crippen LogP contribution in [0.2, 0.25) is 0 Å². The standard InChI is InChI=1S/C19H18N6OS2/c1-11-6-7-12(2)15(8-11)25-19(22-23-24-25)27-10-17(26)21-18-14(9-20)13-4-3-5-16(13)28-18/h6-8H,3-5,10H2,1-2H3,(H,21,26). The van der Waals surface area contributed by atoms with Crippen molar-refractivity contribution in [2.24, 2.45) is 0 Å². The topological polar surface area (TPSA) is 96.5 Å². The number of rotatable bonds is 5. The molecule has 0 bridgehead atoms. The summed E-state index contributed by atoms with van der Waals surface area (Å²) in [6, 6.07) is 8.32. The van der Waals surface area contributed by atoms with Crippen molar-refractivity contribution >= 4 is 34.0 Å². The molecule has 0 unspecified atom stereocenters. The molecule has 4 rings (SSSR count). The number of amides is 1. The third-order valence-corrected chi connectivity index (χ3v) is 6.78. The van der Waals surface area contributed by atoms with Crippen LogP contribution in [0.4, 0.5) is 5.00 Å². The van der Waals surface area contributed by atoms with Gasteiger partial charge in [0.25, 0.3) is 0 Å². The summed E-state index contributed by atoms with van der Waals surface area (Å²) in [5.41, 5.74) is 4.79. The number of hydrogen-bond donors (Lipinski definition) is 1. The van der Waals surface area contributed by atoms with Crippen LogP contribution >= 0.6 is 23.1 Å². The third-order valence-electron chi connectivity index (χ3n) is 4.65. The summed E-state index contributed by atoms with van der Waals surface area (Å²) in [5, 5.41) is 25.4. The van der Waals surface area contributed by atoms with Gasteiger partial charge in [-0.1, -0.05) is 23.9 Å². The van der Waals surface area contributed by atoms with Gasteiger partial charge in [-0.3, -0.25) is 4.79 Å². The van der Waals surface area contributed by atoms with Crippen LogP contribution in [0, 0.1) is 25.2 Å². The van der Waals surface area contributed by atoms with E-state index in [1.54, 1.807) is 4.68 Å². The van der Waals surface area contributed by atoms with Gasteiger partial charge < -0.3 is 5.32 Å². The van der Waals surface area contributed by atoms with Gasteiger partial charge in [0.15, 0.2) is 0 Å². The smallest absolute Gasteiger partial charge is 0.235 e. The Morgan fingerprint density at radius 1 is 1.39 bits per heavy atom. The predicted octanol–water partition coefficient (Wildman–Crippen LogP) is 3.43. The van der Waals surface area contributed by atoms with Gasteiger partial charge in [-0.15, -0.1) is 16.4 Å². The third kappa shape index (κ3) is 3.53. The monoisotopic (exact) mass is 410 g/mol. The quantitative estimate of drug-likeness (QED) is 0.647. The fourth-order valence-electron chi connectivity index (χ4n) is 3.27. The Kier molecular flexibility index (Phi) is 5.15. The Bertz CT molecular complexity index is 1090. The molecule has 1 amide bonds. The molecular weight excluding hydrogens is 392 g/mol. The molecule has 3 aromatic rings. The van der Waals surface area contributed by atoms with Crippen LogP contribution in [0.3, 0.4) is 0 Å². The summed E-state index contributed by atoms with van der Waals surface area (Å²) in [4.78, 5) is 13.7. The lowest BCUT2D eigenvalue weighted by Crippen LogP contribution is -2.14. The molecule has 2 heterocycles. The number of nitriles is 1. The second-order valence-electron chi connectivity index (χ2n) is 6.67. The highest BCUT2D eigenvalue weighted by Crippen LogP contribution is 2.38. The Balaban J connectivity index is 1.46.